The van der Waals surface area contributed by atoms with Gasteiger partial charge in [-0.1, -0.05) is 47.6 Å². The van der Waals surface area contributed by atoms with Crippen molar-refractivity contribution in [1.29, 1.82) is 0 Å². The standard InChI is InChI=1S/C16H27NO2/c1-15(2,3)10-7-11(13(17)9-18)14(19)12(8-10)16(4,5)6/h7-8,13,18-19H,9,17H2,1-6H3/t13-/m1/s1. The molecular formula is C16H27NO2. The summed E-state index contributed by atoms with van der Waals surface area (Å²) >= 11 is 0. The average Bonchev–Trinajstić information content (AvgIpc) is 2.25. The van der Waals surface area contributed by atoms with Gasteiger partial charge in [-0.15, -0.1) is 0 Å². The molecule has 0 saturated heterocycles. The predicted molar refractivity (Wildman–Crippen MR) is 79.5 cm³/mol. The Labute approximate surface area is 116 Å². The normalized spacial score (nSPS) is 14.5. The van der Waals surface area contributed by atoms with Crippen molar-refractivity contribution >= 4 is 0 Å². The van der Waals surface area contributed by atoms with Crippen LogP contribution in [0.1, 0.15) is 64.3 Å². The van der Waals surface area contributed by atoms with E-state index in [0.29, 0.717) is 5.56 Å². The number of phenols is 1. The minimum absolute atomic E-state index is 0.0301. The molecule has 0 aliphatic rings. The number of aromatic hydroxyl groups is 1. The molecule has 0 saturated carbocycles. The van der Waals surface area contributed by atoms with E-state index < -0.39 is 6.04 Å². The van der Waals surface area contributed by atoms with Gasteiger partial charge in [0.1, 0.15) is 5.75 Å². The SMILES string of the molecule is CC(C)(C)c1cc([C@H](N)CO)c(O)c(C(C)(C)C)c1. The van der Waals surface area contributed by atoms with Gasteiger partial charge in [0.05, 0.1) is 12.6 Å². The van der Waals surface area contributed by atoms with Crippen molar-refractivity contribution in [1.82, 2.24) is 0 Å². The highest BCUT2D eigenvalue weighted by molar-refractivity contribution is 5.49. The van der Waals surface area contributed by atoms with Crippen molar-refractivity contribution < 1.29 is 10.2 Å². The third-order valence-electron chi connectivity index (χ3n) is 3.41. The molecule has 1 rings (SSSR count). The van der Waals surface area contributed by atoms with Crippen LogP contribution in [0.5, 0.6) is 5.75 Å². The van der Waals surface area contributed by atoms with Crippen molar-refractivity contribution in [3.05, 3.63) is 28.8 Å². The number of hydrogen-bond acceptors (Lipinski definition) is 3. The fraction of sp³-hybridized carbons (Fsp3) is 0.625. The van der Waals surface area contributed by atoms with Gasteiger partial charge in [-0.25, -0.2) is 0 Å². The van der Waals surface area contributed by atoms with Crippen LogP contribution >= 0.6 is 0 Å². The van der Waals surface area contributed by atoms with Crippen molar-refractivity contribution in [2.45, 2.75) is 58.4 Å². The first kappa shape index (κ1) is 16.0. The largest absolute Gasteiger partial charge is 0.507 e. The third-order valence-corrected chi connectivity index (χ3v) is 3.41. The first-order valence-corrected chi connectivity index (χ1v) is 6.72. The highest BCUT2D eigenvalue weighted by Gasteiger charge is 2.26. The monoisotopic (exact) mass is 265 g/mol. The van der Waals surface area contributed by atoms with Crippen molar-refractivity contribution in [2.24, 2.45) is 5.73 Å². The molecule has 3 nitrogen and oxygen atoms in total. The van der Waals surface area contributed by atoms with E-state index in [1.165, 1.54) is 0 Å². The third kappa shape index (κ3) is 3.48. The van der Waals surface area contributed by atoms with E-state index in [0.717, 1.165) is 11.1 Å². The maximum Gasteiger partial charge on any atom is 0.124 e. The lowest BCUT2D eigenvalue weighted by Gasteiger charge is -2.28. The van der Waals surface area contributed by atoms with E-state index in [9.17, 15) is 10.2 Å². The molecule has 0 aromatic heterocycles. The molecule has 1 aromatic rings. The zero-order valence-corrected chi connectivity index (χ0v) is 12.9. The van der Waals surface area contributed by atoms with Crippen LogP contribution in [0.25, 0.3) is 0 Å². The maximum atomic E-state index is 10.4. The highest BCUT2D eigenvalue weighted by Crippen LogP contribution is 2.39. The molecule has 4 N–H and O–H groups in total. The molecule has 3 heteroatoms. The van der Waals surface area contributed by atoms with E-state index in [-0.39, 0.29) is 23.2 Å². The minimum Gasteiger partial charge on any atom is -0.507 e. The Morgan fingerprint density at radius 3 is 1.95 bits per heavy atom. The lowest BCUT2D eigenvalue weighted by atomic mass is 9.78. The Hall–Kier alpha value is -1.06. The van der Waals surface area contributed by atoms with Crippen molar-refractivity contribution in [2.75, 3.05) is 6.61 Å². The van der Waals surface area contributed by atoms with E-state index >= 15 is 0 Å². The van der Waals surface area contributed by atoms with Crippen LogP contribution in [0.2, 0.25) is 0 Å². The van der Waals surface area contributed by atoms with Crippen molar-refractivity contribution in [3.8, 4) is 5.75 Å². The van der Waals surface area contributed by atoms with Crippen LogP contribution in [-0.4, -0.2) is 16.8 Å². The van der Waals surface area contributed by atoms with E-state index in [1.807, 2.05) is 12.1 Å². The molecule has 0 aliphatic carbocycles. The topological polar surface area (TPSA) is 66.5 Å². The molecule has 1 aromatic carbocycles. The van der Waals surface area contributed by atoms with Gasteiger partial charge in [0.2, 0.25) is 0 Å². The van der Waals surface area contributed by atoms with Crippen LogP contribution in [0.4, 0.5) is 0 Å². The first-order valence-electron chi connectivity index (χ1n) is 6.72. The number of phenolic OH excluding ortho intramolecular Hbond substituents is 1. The van der Waals surface area contributed by atoms with Crippen LogP contribution in [0.3, 0.4) is 0 Å². The summed E-state index contributed by atoms with van der Waals surface area (Å²) in [5.74, 6) is 0.210. The molecule has 0 fully saturated rings. The number of rotatable bonds is 2. The number of aliphatic hydroxyl groups is 1. The second-order valence-corrected chi connectivity index (χ2v) is 7.25. The van der Waals surface area contributed by atoms with Gasteiger partial charge < -0.3 is 15.9 Å². The summed E-state index contributed by atoms with van der Waals surface area (Å²) in [6.45, 7) is 12.4. The molecule has 0 spiro atoms. The maximum absolute atomic E-state index is 10.4. The lowest BCUT2D eigenvalue weighted by molar-refractivity contribution is 0.264. The highest BCUT2D eigenvalue weighted by atomic mass is 16.3. The van der Waals surface area contributed by atoms with Gasteiger partial charge in [-0.05, 0) is 28.0 Å². The van der Waals surface area contributed by atoms with Gasteiger partial charge in [-0.2, -0.15) is 0 Å². The Morgan fingerprint density at radius 1 is 1.05 bits per heavy atom. The number of nitrogens with two attached hydrogens (primary N) is 1. The Kier molecular flexibility index (Phi) is 4.33. The molecule has 0 unspecified atom stereocenters. The zero-order chi connectivity index (χ0) is 15.0. The summed E-state index contributed by atoms with van der Waals surface area (Å²) in [7, 11) is 0. The Morgan fingerprint density at radius 2 is 1.58 bits per heavy atom. The van der Waals surface area contributed by atoms with Gasteiger partial charge in [0, 0.05) is 5.56 Å². The molecular weight excluding hydrogens is 238 g/mol. The Bertz CT molecular complexity index is 453. The number of benzene rings is 1. The minimum atomic E-state index is -0.552. The Balaban J connectivity index is 3.57. The fourth-order valence-corrected chi connectivity index (χ4v) is 2.04. The summed E-state index contributed by atoms with van der Waals surface area (Å²) in [6.07, 6.45) is 0. The summed E-state index contributed by atoms with van der Waals surface area (Å²) < 4.78 is 0. The van der Waals surface area contributed by atoms with Gasteiger partial charge >= 0.3 is 0 Å². The summed E-state index contributed by atoms with van der Waals surface area (Å²) in [4.78, 5) is 0. The second kappa shape index (κ2) is 5.14. The molecule has 0 aliphatic heterocycles. The van der Waals surface area contributed by atoms with Gasteiger partial charge in [-0.3, -0.25) is 0 Å². The number of hydrogen-bond donors (Lipinski definition) is 3. The smallest absolute Gasteiger partial charge is 0.124 e. The van der Waals surface area contributed by atoms with Crippen LogP contribution < -0.4 is 5.73 Å². The summed E-state index contributed by atoms with van der Waals surface area (Å²) in [5, 5.41) is 19.7. The first-order chi connectivity index (χ1) is 8.48. The molecule has 19 heavy (non-hydrogen) atoms. The zero-order valence-electron chi connectivity index (χ0n) is 12.9. The van der Waals surface area contributed by atoms with Crippen molar-refractivity contribution in [3.63, 3.8) is 0 Å². The molecule has 0 radical (unpaired) electrons. The average molecular weight is 265 g/mol. The van der Waals surface area contributed by atoms with Gasteiger partial charge in [0.25, 0.3) is 0 Å². The molecule has 108 valence electrons. The van der Waals surface area contributed by atoms with Crippen LogP contribution in [0, 0.1) is 0 Å². The molecule has 0 amide bonds. The summed E-state index contributed by atoms with van der Waals surface area (Å²) in [5.41, 5.74) is 8.33. The molecule has 0 bridgehead atoms. The van der Waals surface area contributed by atoms with Crippen LogP contribution in [0.15, 0.2) is 12.1 Å². The van der Waals surface area contributed by atoms with Crippen LogP contribution in [-0.2, 0) is 10.8 Å². The molecule has 0 heterocycles. The number of aliphatic hydroxyl groups excluding tert-OH is 1. The van der Waals surface area contributed by atoms with E-state index in [4.69, 9.17) is 5.73 Å². The predicted octanol–water partition coefficient (Wildman–Crippen LogP) is 2.98. The van der Waals surface area contributed by atoms with E-state index in [1.54, 1.807) is 0 Å². The second-order valence-electron chi connectivity index (χ2n) is 7.25. The van der Waals surface area contributed by atoms with E-state index in [2.05, 4.69) is 41.5 Å². The summed E-state index contributed by atoms with van der Waals surface area (Å²) in [6, 6.07) is 3.40. The van der Waals surface area contributed by atoms with Gasteiger partial charge in [0.15, 0.2) is 0 Å². The lowest BCUT2D eigenvalue weighted by Crippen LogP contribution is -2.21. The quantitative estimate of drug-likeness (QED) is 0.770. The fourth-order valence-electron chi connectivity index (χ4n) is 2.04. The molecule has 1 atom stereocenters.